The molecule has 2 rings (SSSR count). The van der Waals surface area contributed by atoms with E-state index in [9.17, 15) is 9.59 Å². The van der Waals surface area contributed by atoms with E-state index in [1.165, 1.54) is 6.42 Å². The molecule has 0 spiro atoms. The Morgan fingerprint density at radius 2 is 2.19 bits per heavy atom. The predicted octanol–water partition coefficient (Wildman–Crippen LogP) is 2.86. The molecular formula is C16H21ClN2O2. The van der Waals surface area contributed by atoms with Gasteiger partial charge in [0.1, 0.15) is 0 Å². The smallest absolute Gasteiger partial charge is 0.251 e. The molecular weight excluding hydrogens is 288 g/mol. The lowest BCUT2D eigenvalue weighted by Gasteiger charge is -2.35. The molecule has 21 heavy (non-hydrogen) atoms. The molecule has 1 atom stereocenters. The first-order chi connectivity index (χ1) is 10.1. The van der Waals surface area contributed by atoms with Crippen molar-refractivity contribution in [2.24, 2.45) is 0 Å². The van der Waals surface area contributed by atoms with E-state index in [0.29, 0.717) is 16.6 Å². The maximum Gasteiger partial charge on any atom is 0.251 e. The maximum absolute atomic E-state index is 12.3. The Morgan fingerprint density at radius 1 is 1.38 bits per heavy atom. The van der Waals surface area contributed by atoms with Gasteiger partial charge in [-0.2, -0.15) is 0 Å². The second kappa shape index (κ2) is 7.46. The fraction of sp³-hybridized carbons (Fsp3) is 0.500. The number of nitrogens with zero attached hydrogens (tertiary/aromatic N) is 1. The van der Waals surface area contributed by atoms with Gasteiger partial charge in [0.05, 0.1) is 6.54 Å². The van der Waals surface area contributed by atoms with Crippen LogP contribution < -0.4 is 5.32 Å². The van der Waals surface area contributed by atoms with Gasteiger partial charge in [-0.05, 0) is 43.9 Å². The summed E-state index contributed by atoms with van der Waals surface area (Å²) in [5.74, 6) is -0.271. The minimum absolute atomic E-state index is 0.00284. The molecule has 1 aromatic rings. The standard InChI is InChI=1S/C16H21ClN2O2/c1-2-14-8-3-4-9-19(14)15(20)11-18-16(21)12-6-5-7-13(17)10-12/h5-7,10,14H,2-4,8-9,11H2,1H3,(H,18,21). The third kappa shape index (κ3) is 4.21. The average Bonchev–Trinajstić information content (AvgIpc) is 2.52. The van der Waals surface area contributed by atoms with Gasteiger partial charge in [-0.3, -0.25) is 9.59 Å². The quantitative estimate of drug-likeness (QED) is 0.930. The zero-order valence-electron chi connectivity index (χ0n) is 12.3. The molecule has 2 amide bonds. The van der Waals surface area contributed by atoms with E-state index in [0.717, 1.165) is 25.8 Å². The third-order valence-corrected chi connectivity index (χ3v) is 4.14. The van der Waals surface area contributed by atoms with Gasteiger partial charge >= 0.3 is 0 Å². The summed E-state index contributed by atoms with van der Waals surface area (Å²) in [5, 5.41) is 3.19. The van der Waals surface area contributed by atoms with E-state index in [-0.39, 0.29) is 18.4 Å². The molecule has 1 aliphatic heterocycles. The summed E-state index contributed by atoms with van der Waals surface area (Å²) in [5.41, 5.74) is 0.473. The average molecular weight is 309 g/mol. The van der Waals surface area contributed by atoms with Crippen LogP contribution in [-0.4, -0.2) is 35.8 Å². The molecule has 0 aliphatic carbocycles. The number of benzene rings is 1. The lowest BCUT2D eigenvalue weighted by atomic mass is 10.00. The molecule has 1 heterocycles. The summed E-state index contributed by atoms with van der Waals surface area (Å²) in [6, 6.07) is 7.02. The molecule has 0 aromatic heterocycles. The number of carbonyl (C=O) groups is 2. The van der Waals surface area contributed by atoms with Crippen LogP contribution >= 0.6 is 11.6 Å². The Bertz CT molecular complexity index is 519. The van der Waals surface area contributed by atoms with Gasteiger partial charge in [-0.15, -0.1) is 0 Å². The van der Waals surface area contributed by atoms with Crippen molar-refractivity contribution in [3.63, 3.8) is 0 Å². The van der Waals surface area contributed by atoms with E-state index in [4.69, 9.17) is 11.6 Å². The van der Waals surface area contributed by atoms with Crippen LogP contribution in [0.5, 0.6) is 0 Å². The Morgan fingerprint density at radius 3 is 2.90 bits per heavy atom. The van der Waals surface area contributed by atoms with Gasteiger partial charge in [0.2, 0.25) is 5.91 Å². The molecule has 0 bridgehead atoms. The van der Waals surface area contributed by atoms with Crippen LogP contribution in [0.1, 0.15) is 43.0 Å². The maximum atomic E-state index is 12.3. The highest BCUT2D eigenvalue weighted by Gasteiger charge is 2.25. The highest BCUT2D eigenvalue weighted by atomic mass is 35.5. The Hall–Kier alpha value is -1.55. The number of nitrogens with one attached hydrogen (secondary N) is 1. The fourth-order valence-corrected chi connectivity index (χ4v) is 2.93. The van der Waals surface area contributed by atoms with Crippen molar-refractivity contribution in [1.29, 1.82) is 0 Å². The summed E-state index contributed by atoms with van der Waals surface area (Å²) in [7, 11) is 0. The van der Waals surface area contributed by atoms with Gasteiger partial charge in [0.15, 0.2) is 0 Å². The number of hydrogen-bond donors (Lipinski definition) is 1. The summed E-state index contributed by atoms with van der Waals surface area (Å²) in [6.45, 7) is 2.94. The van der Waals surface area contributed by atoms with Crippen LogP contribution in [0, 0.1) is 0 Å². The van der Waals surface area contributed by atoms with Crippen molar-refractivity contribution in [3.8, 4) is 0 Å². The molecule has 1 unspecified atom stereocenters. The molecule has 1 fully saturated rings. The van der Waals surface area contributed by atoms with E-state index in [2.05, 4.69) is 12.2 Å². The summed E-state index contributed by atoms with van der Waals surface area (Å²) in [4.78, 5) is 26.2. The number of halogens is 1. The molecule has 0 radical (unpaired) electrons. The van der Waals surface area contributed by atoms with Crippen LogP contribution in [0.25, 0.3) is 0 Å². The van der Waals surface area contributed by atoms with Crippen LogP contribution in [0.15, 0.2) is 24.3 Å². The summed E-state index contributed by atoms with van der Waals surface area (Å²) in [6.07, 6.45) is 4.25. The highest BCUT2D eigenvalue weighted by molar-refractivity contribution is 6.30. The fourth-order valence-electron chi connectivity index (χ4n) is 2.74. The third-order valence-electron chi connectivity index (χ3n) is 3.91. The first kappa shape index (κ1) is 15.8. The Labute approximate surface area is 130 Å². The molecule has 1 saturated heterocycles. The molecule has 1 aliphatic rings. The normalized spacial score (nSPS) is 18.4. The van der Waals surface area contributed by atoms with E-state index >= 15 is 0 Å². The minimum Gasteiger partial charge on any atom is -0.343 e. The number of hydrogen-bond acceptors (Lipinski definition) is 2. The van der Waals surface area contributed by atoms with Gasteiger partial charge in [0.25, 0.3) is 5.91 Å². The molecule has 114 valence electrons. The minimum atomic E-state index is -0.268. The monoisotopic (exact) mass is 308 g/mol. The Balaban J connectivity index is 1.90. The van der Waals surface area contributed by atoms with Gasteiger partial charge < -0.3 is 10.2 Å². The van der Waals surface area contributed by atoms with Crippen LogP contribution in [-0.2, 0) is 4.79 Å². The number of rotatable bonds is 4. The van der Waals surface area contributed by atoms with Crippen molar-refractivity contribution in [2.75, 3.05) is 13.1 Å². The van der Waals surface area contributed by atoms with Crippen molar-refractivity contribution in [3.05, 3.63) is 34.9 Å². The number of piperidine rings is 1. The molecule has 1 aromatic carbocycles. The molecule has 5 heteroatoms. The summed E-state index contributed by atoms with van der Waals surface area (Å²) >= 11 is 5.86. The second-order valence-corrected chi connectivity index (χ2v) is 5.77. The van der Waals surface area contributed by atoms with E-state index < -0.39 is 0 Å². The zero-order chi connectivity index (χ0) is 15.2. The van der Waals surface area contributed by atoms with E-state index in [1.807, 2.05) is 4.90 Å². The van der Waals surface area contributed by atoms with E-state index in [1.54, 1.807) is 24.3 Å². The van der Waals surface area contributed by atoms with Gasteiger partial charge in [-0.25, -0.2) is 0 Å². The van der Waals surface area contributed by atoms with Crippen molar-refractivity contribution in [2.45, 2.75) is 38.6 Å². The van der Waals surface area contributed by atoms with Gasteiger partial charge in [-0.1, -0.05) is 24.6 Å². The van der Waals surface area contributed by atoms with Crippen molar-refractivity contribution < 1.29 is 9.59 Å². The Kier molecular flexibility index (Phi) is 5.62. The topological polar surface area (TPSA) is 49.4 Å². The van der Waals surface area contributed by atoms with Crippen LogP contribution in [0.4, 0.5) is 0 Å². The first-order valence-corrected chi connectivity index (χ1v) is 7.83. The highest BCUT2D eigenvalue weighted by Crippen LogP contribution is 2.19. The largest absolute Gasteiger partial charge is 0.343 e. The number of likely N-dealkylation sites (tertiary alicyclic amines) is 1. The summed E-state index contributed by atoms with van der Waals surface area (Å²) < 4.78 is 0. The second-order valence-electron chi connectivity index (χ2n) is 5.34. The SMILES string of the molecule is CCC1CCCCN1C(=O)CNC(=O)c1cccc(Cl)c1. The first-order valence-electron chi connectivity index (χ1n) is 7.45. The van der Waals surface area contributed by atoms with Crippen LogP contribution in [0.2, 0.25) is 5.02 Å². The number of carbonyl (C=O) groups excluding carboxylic acids is 2. The number of amides is 2. The molecule has 4 nitrogen and oxygen atoms in total. The molecule has 0 saturated carbocycles. The lowest BCUT2D eigenvalue weighted by molar-refractivity contribution is -0.133. The predicted molar refractivity (Wildman–Crippen MR) is 83.4 cm³/mol. The lowest BCUT2D eigenvalue weighted by Crippen LogP contribution is -2.47. The van der Waals surface area contributed by atoms with Crippen LogP contribution in [0.3, 0.4) is 0 Å². The molecule has 1 N–H and O–H groups in total. The van der Waals surface area contributed by atoms with Gasteiger partial charge in [0, 0.05) is 23.2 Å². The zero-order valence-corrected chi connectivity index (χ0v) is 13.0. The van der Waals surface area contributed by atoms with Crippen molar-refractivity contribution >= 4 is 23.4 Å². The van der Waals surface area contributed by atoms with Crippen molar-refractivity contribution in [1.82, 2.24) is 10.2 Å².